The van der Waals surface area contributed by atoms with E-state index in [2.05, 4.69) is 5.32 Å². The van der Waals surface area contributed by atoms with Crippen LogP contribution in [0.3, 0.4) is 0 Å². The topological polar surface area (TPSA) is 90.0 Å². The Morgan fingerprint density at radius 2 is 1.81 bits per heavy atom. The Morgan fingerprint density at radius 3 is 2.35 bits per heavy atom. The van der Waals surface area contributed by atoms with Crippen molar-refractivity contribution in [2.24, 2.45) is 0 Å². The number of halogens is 1. The van der Waals surface area contributed by atoms with Gasteiger partial charge in [-0.25, -0.2) is 12.7 Å². The molecule has 26 heavy (non-hydrogen) atoms. The van der Waals surface area contributed by atoms with Crippen molar-refractivity contribution >= 4 is 39.1 Å². The van der Waals surface area contributed by atoms with Crippen LogP contribution in [0.4, 0.5) is 5.69 Å². The number of carbonyl (C=O) groups excluding carboxylic acids is 2. The van der Waals surface area contributed by atoms with Crippen molar-refractivity contribution in [1.29, 1.82) is 0 Å². The fourth-order valence-electron chi connectivity index (χ4n) is 2.60. The van der Waals surface area contributed by atoms with E-state index in [1.807, 2.05) is 4.90 Å². The third-order valence-electron chi connectivity index (χ3n) is 4.16. The van der Waals surface area contributed by atoms with Crippen molar-refractivity contribution in [1.82, 2.24) is 14.1 Å². The van der Waals surface area contributed by atoms with Gasteiger partial charge in [0, 0.05) is 52.9 Å². The molecule has 1 aliphatic heterocycles. The Bertz CT molecular complexity index is 789. The molecule has 0 atom stereocenters. The molecule has 2 rings (SSSR count). The molecule has 1 aliphatic rings. The van der Waals surface area contributed by atoms with Gasteiger partial charge < -0.3 is 10.2 Å². The van der Waals surface area contributed by atoms with Crippen molar-refractivity contribution in [2.75, 3.05) is 52.1 Å². The van der Waals surface area contributed by atoms with E-state index in [9.17, 15) is 18.0 Å². The van der Waals surface area contributed by atoms with Gasteiger partial charge in [0.1, 0.15) is 4.90 Å². The summed E-state index contributed by atoms with van der Waals surface area (Å²) in [5, 5.41) is 2.79. The van der Waals surface area contributed by atoms with E-state index < -0.39 is 10.0 Å². The highest BCUT2D eigenvalue weighted by molar-refractivity contribution is 7.89. The molecule has 1 aromatic rings. The van der Waals surface area contributed by atoms with Gasteiger partial charge >= 0.3 is 0 Å². The predicted molar refractivity (Wildman–Crippen MR) is 99.6 cm³/mol. The molecule has 1 N–H and O–H groups in total. The molecule has 0 saturated carbocycles. The molecule has 0 aromatic heterocycles. The second kappa shape index (κ2) is 8.34. The molecular weight excluding hydrogens is 380 g/mol. The van der Waals surface area contributed by atoms with Crippen molar-refractivity contribution in [2.45, 2.75) is 11.8 Å². The summed E-state index contributed by atoms with van der Waals surface area (Å²) in [6, 6.07) is 4.35. The van der Waals surface area contributed by atoms with E-state index >= 15 is 0 Å². The molecule has 0 unspecified atom stereocenters. The van der Waals surface area contributed by atoms with Crippen LogP contribution in [0.25, 0.3) is 0 Å². The van der Waals surface area contributed by atoms with E-state index in [-0.39, 0.29) is 28.3 Å². The standard InChI is InChI=1S/C16H23ClN4O4S/c1-12(22)21-8-6-20(7-9-21)11-16(23)18-13-4-5-14(17)15(10-13)26(24,25)19(2)3/h4-5,10H,6-9,11H2,1-3H3,(H,18,23). The highest BCUT2D eigenvalue weighted by Gasteiger charge is 2.23. The molecule has 1 fully saturated rings. The number of rotatable bonds is 5. The van der Waals surface area contributed by atoms with Crippen molar-refractivity contribution in [3.05, 3.63) is 23.2 Å². The van der Waals surface area contributed by atoms with E-state index in [1.165, 1.54) is 33.2 Å². The Balaban J connectivity index is 2.01. The first-order valence-corrected chi connectivity index (χ1v) is 9.93. The highest BCUT2D eigenvalue weighted by atomic mass is 35.5. The number of nitrogens with zero attached hydrogens (tertiary/aromatic N) is 3. The zero-order valence-corrected chi connectivity index (χ0v) is 16.6. The van der Waals surface area contributed by atoms with Crippen LogP contribution in [0.1, 0.15) is 6.92 Å². The van der Waals surface area contributed by atoms with Gasteiger partial charge in [-0.05, 0) is 18.2 Å². The smallest absolute Gasteiger partial charge is 0.244 e. The summed E-state index contributed by atoms with van der Waals surface area (Å²) in [5.41, 5.74) is 0.363. The van der Waals surface area contributed by atoms with Crippen molar-refractivity contribution in [3.8, 4) is 0 Å². The van der Waals surface area contributed by atoms with Gasteiger partial charge in [0.15, 0.2) is 0 Å². The first-order valence-electron chi connectivity index (χ1n) is 8.11. The van der Waals surface area contributed by atoms with Gasteiger partial charge in [-0.2, -0.15) is 0 Å². The van der Waals surface area contributed by atoms with E-state index in [4.69, 9.17) is 11.6 Å². The molecule has 1 aromatic carbocycles. The number of benzene rings is 1. The van der Waals surface area contributed by atoms with Crippen LogP contribution in [0.5, 0.6) is 0 Å². The summed E-state index contributed by atoms with van der Waals surface area (Å²) >= 11 is 6.00. The van der Waals surface area contributed by atoms with Crippen molar-refractivity contribution in [3.63, 3.8) is 0 Å². The highest BCUT2D eigenvalue weighted by Crippen LogP contribution is 2.26. The maximum absolute atomic E-state index is 12.3. The van der Waals surface area contributed by atoms with Crippen molar-refractivity contribution < 1.29 is 18.0 Å². The van der Waals surface area contributed by atoms with E-state index in [0.717, 1.165) is 4.31 Å². The summed E-state index contributed by atoms with van der Waals surface area (Å²) < 4.78 is 25.6. The molecule has 0 spiro atoms. The third kappa shape index (κ3) is 4.94. The van der Waals surface area contributed by atoms with Crippen LogP contribution >= 0.6 is 11.6 Å². The summed E-state index contributed by atoms with van der Waals surface area (Å²) in [6.07, 6.45) is 0. The Morgan fingerprint density at radius 1 is 1.19 bits per heavy atom. The first kappa shape index (κ1) is 20.6. The van der Waals surface area contributed by atoms with Crippen LogP contribution in [0, 0.1) is 0 Å². The summed E-state index contributed by atoms with van der Waals surface area (Å²) in [7, 11) is -0.877. The third-order valence-corrected chi connectivity index (χ3v) is 6.46. The first-order chi connectivity index (χ1) is 12.1. The predicted octanol–water partition coefficient (Wildman–Crippen LogP) is 0.693. The second-order valence-corrected chi connectivity index (χ2v) is 8.79. The number of amides is 2. The number of anilines is 1. The lowest BCUT2D eigenvalue weighted by Crippen LogP contribution is -2.49. The lowest BCUT2D eigenvalue weighted by molar-refractivity contribution is -0.130. The maximum atomic E-state index is 12.3. The van der Waals surface area contributed by atoms with Crippen LogP contribution in [0.2, 0.25) is 5.02 Å². The van der Waals surface area contributed by atoms with Gasteiger partial charge in [0.2, 0.25) is 21.8 Å². The molecule has 0 aliphatic carbocycles. The van der Waals surface area contributed by atoms with E-state index in [0.29, 0.717) is 31.9 Å². The molecule has 0 bridgehead atoms. The number of hydrogen-bond acceptors (Lipinski definition) is 5. The number of nitrogens with one attached hydrogen (secondary N) is 1. The average Bonchev–Trinajstić information content (AvgIpc) is 2.56. The van der Waals surface area contributed by atoms with Crippen LogP contribution in [0.15, 0.2) is 23.1 Å². The number of piperazine rings is 1. The number of hydrogen-bond donors (Lipinski definition) is 1. The van der Waals surface area contributed by atoms with Crippen LogP contribution in [-0.2, 0) is 19.6 Å². The summed E-state index contributed by atoms with van der Waals surface area (Å²) in [4.78, 5) is 27.2. The molecule has 0 radical (unpaired) electrons. The zero-order valence-electron chi connectivity index (χ0n) is 15.0. The monoisotopic (exact) mass is 402 g/mol. The fraction of sp³-hybridized carbons (Fsp3) is 0.500. The lowest BCUT2D eigenvalue weighted by Gasteiger charge is -2.33. The molecule has 1 saturated heterocycles. The summed E-state index contributed by atoms with van der Waals surface area (Å²) in [6.45, 7) is 4.12. The molecular formula is C16H23ClN4O4S. The van der Waals surface area contributed by atoms with Gasteiger partial charge in [-0.1, -0.05) is 11.6 Å². The lowest BCUT2D eigenvalue weighted by atomic mass is 10.3. The maximum Gasteiger partial charge on any atom is 0.244 e. The minimum absolute atomic E-state index is 0.0323. The molecule has 2 amide bonds. The molecule has 1 heterocycles. The minimum atomic E-state index is -3.71. The van der Waals surface area contributed by atoms with Crippen LogP contribution < -0.4 is 5.32 Å². The molecule has 8 nitrogen and oxygen atoms in total. The molecule has 144 valence electrons. The normalized spacial score (nSPS) is 16.0. The SMILES string of the molecule is CC(=O)N1CCN(CC(=O)Nc2ccc(Cl)c(S(=O)(=O)N(C)C)c2)CC1. The minimum Gasteiger partial charge on any atom is -0.340 e. The number of carbonyl (C=O) groups is 2. The summed E-state index contributed by atoms with van der Waals surface area (Å²) in [5.74, 6) is -0.221. The zero-order chi connectivity index (χ0) is 19.5. The average molecular weight is 403 g/mol. The van der Waals surface area contributed by atoms with Gasteiger partial charge in [-0.3, -0.25) is 14.5 Å². The Kier molecular flexibility index (Phi) is 6.62. The van der Waals surface area contributed by atoms with Gasteiger partial charge in [0.25, 0.3) is 0 Å². The van der Waals surface area contributed by atoms with Gasteiger partial charge in [0.05, 0.1) is 11.6 Å². The molecule has 10 heteroatoms. The van der Waals surface area contributed by atoms with Gasteiger partial charge in [-0.15, -0.1) is 0 Å². The van der Waals surface area contributed by atoms with Crippen LogP contribution in [-0.4, -0.2) is 81.2 Å². The fourth-order valence-corrected chi connectivity index (χ4v) is 3.99. The number of sulfonamides is 1. The largest absolute Gasteiger partial charge is 0.340 e. The Hall–Kier alpha value is -1.68. The quantitative estimate of drug-likeness (QED) is 0.782. The Labute approximate surface area is 158 Å². The van der Waals surface area contributed by atoms with E-state index in [1.54, 1.807) is 11.0 Å². The second-order valence-electron chi connectivity index (χ2n) is 6.26.